The smallest absolute Gasteiger partial charge is 0.0205 e. The van der Waals surface area contributed by atoms with Crippen molar-refractivity contribution in [2.45, 2.75) is 33.7 Å². The lowest BCUT2D eigenvalue weighted by Gasteiger charge is -2.09. The van der Waals surface area contributed by atoms with E-state index in [9.17, 15) is 0 Å². The highest BCUT2D eigenvalue weighted by atomic mass is 14.8. The van der Waals surface area contributed by atoms with Crippen LogP contribution in [0.15, 0.2) is 48.5 Å². The summed E-state index contributed by atoms with van der Waals surface area (Å²) in [4.78, 5) is 0. The normalized spacial score (nSPS) is 11.0. The Bertz CT molecular complexity index is 526. The molecule has 0 unspecified atom stereocenters. The van der Waals surface area contributed by atoms with Crippen molar-refractivity contribution in [3.63, 3.8) is 0 Å². The zero-order valence-corrected chi connectivity index (χ0v) is 12.8. The van der Waals surface area contributed by atoms with Gasteiger partial charge in [0.2, 0.25) is 0 Å². The second kappa shape index (κ2) is 7.25. The van der Waals surface area contributed by atoms with E-state index < -0.39 is 0 Å². The quantitative estimate of drug-likeness (QED) is 0.802. The molecule has 0 radical (unpaired) electrons. The Hall–Kier alpha value is -1.60. The molecule has 0 saturated carbocycles. The van der Waals surface area contributed by atoms with E-state index in [1.165, 1.54) is 22.3 Å². The fourth-order valence-corrected chi connectivity index (χ4v) is 2.43. The van der Waals surface area contributed by atoms with Gasteiger partial charge in [0.05, 0.1) is 0 Å². The van der Waals surface area contributed by atoms with E-state index in [1.54, 1.807) is 0 Å². The van der Waals surface area contributed by atoms with E-state index in [1.807, 2.05) is 0 Å². The van der Waals surface area contributed by atoms with Crippen LogP contribution in [-0.4, -0.2) is 6.54 Å². The molecule has 0 saturated heterocycles. The minimum Gasteiger partial charge on any atom is -0.313 e. The standard InChI is InChI=1S/C19H25N/c1-4-20-14-16-8-10-18(11-9-16)19-7-5-6-17(13-19)12-15(2)3/h5-11,13,15,20H,4,12,14H2,1-3H3. The molecule has 2 aromatic rings. The van der Waals surface area contributed by atoms with Crippen LogP contribution < -0.4 is 5.32 Å². The van der Waals surface area contributed by atoms with E-state index >= 15 is 0 Å². The van der Waals surface area contributed by atoms with Gasteiger partial charge >= 0.3 is 0 Å². The van der Waals surface area contributed by atoms with Gasteiger partial charge in [-0.2, -0.15) is 0 Å². The van der Waals surface area contributed by atoms with Crippen LogP contribution in [0.1, 0.15) is 31.9 Å². The summed E-state index contributed by atoms with van der Waals surface area (Å²) in [6, 6.07) is 17.8. The highest BCUT2D eigenvalue weighted by molar-refractivity contribution is 5.64. The van der Waals surface area contributed by atoms with Crippen molar-refractivity contribution in [3.05, 3.63) is 59.7 Å². The molecule has 0 fully saturated rings. The Morgan fingerprint density at radius 2 is 1.65 bits per heavy atom. The zero-order chi connectivity index (χ0) is 14.4. The molecule has 106 valence electrons. The topological polar surface area (TPSA) is 12.0 Å². The minimum atomic E-state index is 0.702. The summed E-state index contributed by atoms with van der Waals surface area (Å²) in [5.41, 5.74) is 5.39. The molecule has 0 aliphatic carbocycles. The summed E-state index contributed by atoms with van der Waals surface area (Å²) >= 11 is 0. The summed E-state index contributed by atoms with van der Waals surface area (Å²) in [7, 11) is 0. The highest BCUT2D eigenvalue weighted by Gasteiger charge is 2.02. The van der Waals surface area contributed by atoms with Crippen LogP contribution in [-0.2, 0) is 13.0 Å². The molecular weight excluding hydrogens is 242 g/mol. The lowest BCUT2D eigenvalue weighted by atomic mass is 9.97. The first-order valence-corrected chi connectivity index (χ1v) is 7.58. The summed E-state index contributed by atoms with van der Waals surface area (Å²) in [5.74, 6) is 0.702. The summed E-state index contributed by atoms with van der Waals surface area (Å²) < 4.78 is 0. The maximum Gasteiger partial charge on any atom is 0.0205 e. The predicted molar refractivity (Wildman–Crippen MR) is 87.8 cm³/mol. The Balaban J connectivity index is 2.14. The Morgan fingerprint density at radius 1 is 0.900 bits per heavy atom. The van der Waals surface area contributed by atoms with Crippen LogP contribution in [0.4, 0.5) is 0 Å². The average molecular weight is 267 g/mol. The summed E-state index contributed by atoms with van der Waals surface area (Å²) in [5, 5.41) is 3.35. The van der Waals surface area contributed by atoms with Crippen LogP contribution in [0.2, 0.25) is 0 Å². The van der Waals surface area contributed by atoms with Crippen LogP contribution >= 0.6 is 0 Å². The maximum absolute atomic E-state index is 3.35. The summed E-state index contributed by atoms with van der Waals surface area (Å²) in [6.07, 6.45) is 1.15. The van der Waals surface area contributed by atoms with E-state index in [2.05, 4.69) is 74.6 Å². The molecule has 0 aromatic heterocycles. The Labute approximate surface area is 123 Å². The zero-order valence-electron chi connectivity index (χ0n) is 12.8. The third kappa shape index (κ3) is 4.21. The van der Waals surface area contributed by atoms with Gasteiger partial charge in [-0.1, -0.05) is 69.3 Å². The van der Waals surface area contributed by atoms with Gasteiger partial charge in [-0.25, -0.2) is 0 Å². The van der Waals surface area contributed by atoms with Crippen molar-refractivity contribution in [2.75, 3.05) is 6.54 Å². The third-order valence-electron chi connectivity index (χ3n) is 3.44. The molecule has 0 bridgehead atoms. The largest absolute Gasteiger partial charge is 0.313 e. The van der Waals surface area contributed by atoms with Gasteiger partial charge in [-0.15, -0.1) is 0 Å². The van der Waals surface area contributed by atoms with Gasteiger partial charge in [0.1, 0.15) is 0 Å². The van der Waals surface area contributed by atoms with Gasteiger partial charge in [-0.05, 0) is 41.1 Å². The first-order chi connectivity index (χ1) is 9.69. The predicted octanol–water partition coefficient (Wildman–Crippen LogP) is 4.66. The molecule has 0 spiro atoms. The van der Waals surface area contributed by atoms with Crippen molar-refractivity contribution in [1.82, 2.24) is 5.32 Å². The van der Waals surface area contributed by atoms with E-state index in [-0.39, 0.29) is 0 Å². The Kier molecular flexibility index (Phi) is 5.37. The number of benzene rings is 2. The number of rotatable bonds is 6. The molecule has 0 amide bonds. The molecule has 1 N–H and O–H groups in total. The maximum atomic E-state index is 3.35. The molecule has 0 aliphatic rings. The molecule has 2 aromatic carbocycles. The second-order valence-electron chi connectivity index (χ2n) is 5.78. The number of hydrogen-bond donors (Lipinski definition) is 1. The molecule has 0 heterocycles. The average Bonchev–Trinajstić information content (AvgIpc) is 2.45. The van der Waals surface area contributed by atoms with Gasteiger partial charge < -0.3 is 5.32 Å². The first kappa shape index (κ1) is 14.8. The van der Waals surface area contributed by atoms with Crippen LogP contribution in [0.25, 0.3) is 11.1 Å². The SMILES string of the molecule is CCNCc1ccc(-c2cccc(CC(C)C)c2)cc1. The van der Waals surface area contributed by atoms with Crippen LogP contribution in [0, 0.1) is 5.92 Å². The van der Waals surface area contributed by atoms with E-state index in [4.69, 9.17) is 0 Å². The fraction of sp³-hybridized carbons (Fsp3) is 0.368. The van der Waals surface area contributed by atoms with Crippen molar-refractivity contribution >= 4 is 0 Å². The van der Waals surface area contributed by atoms with Crippen molar-refractivity contribution in [1.29, 1.82) is 0 Å². The van der Waals surface area contributed by atoms with Crippen molar-refractivity contribution in [3.8, 4) is 11.1 Å². The minimum absolute atomic E-state index is 0.702. The molecule has 20 heavy (non-hydrogen) atoms. The molecular formula is C19H25N. The van der Waals surface area contributed by atoms with Gasteiger partial charge in [0.25, 0.3) is 0 Å². The number of hydrogen-bond acceptors (Lipinski definition) is 1. The molecule has 2 rings (SSSR count). The first-order valence-electron chi connectivity index (χ1n) is 7.58. The van der Waals surface area contributed by atoms with Crippen LogP contribution in [0.5, 0.6) is 0 Å². The van der Waals surface area contributed by atoms with Crippen LogP contribution in [0.3, 0.4) is 0 Å². The van der Waals surface area contributed by atoms with E-state index in [0.717, 1.165) is 19.5 Å². The lowest BCUT2D eigenvalue weighted by molar-refractivity contribution is 0.647. The van der Waals surface area contributed by atoms with Gasteiger partial charge in [0.15, 0.2) is 0 Å². The third-order valence-corrected chi connectivity index (χ3v) is 3.44. The molecule has 1 nitrogen and oxygen atoms in total. The fourth-order valence-electron chi connectivity index (χ4n) is 2.43. The van der Waals surface area contributed by atoms with Gasteiger partial charge in [-0.3, -0.25) is 0 Å². The second-order valence-corrected chi connectivity index (χ2v) is 5.78. The van der Waals surface area contributed by atoms with Gasteiger partial charge in [0, 0.05) is 6.54 Å². The highest BCUT2D eigenvalue weighted by Crippen LogP contribution is 2.22. The summed E-state index contributed by atoms with van der Waals surface area (Å²) in [6.45, 7) is 8.63. The van der Waals surface area contributed by atoms with Crippen molar-refractivity contribution in [2.24, 2.45) is 5.92 Å². The number of nitrogens with one attached hydrogen (secondary N) is 1. The molecule has 1 heteroatoms. The molecule has 0 aliphatic heterocycles. The molecule has 0 atom stereocenters. The van der Waals surface area contributed by atoms with Crippen molar-refractivity contribution < 1.29 is 0 Å². The monoisotopic (exact) mass is 267 g/mol. The lowest BCUT2D eigenvalue weighted by Crippen LogP contribution is -2.11. The van der Waals surface area contributed by atoms with E-state index in [0.29, 0.717) is 5.92 Å². The Morgan fingerprint density at radius 3 is 2.30 bits per heavy atom.